The van der Waals surface area contributed by atoms with Crippen LogP contribution < -0.4 is 5.32 Å². The lowest BCUT2D eigenvalue weighted by molar-refractivity contribution is 0.562. The summed E-state index contributed by atoms with van der Waals surface area (Å²) in [5.41, 5.74) is 5.81. The van der Waals surface area contributed by atoms with Gasteiger partial charge in [0.05, 0.1) is 0 Å². The minimum atomic E-state index is 0.670. The van der Waals surface area contributed by atoms with Crippen molar-refractivity contribution in [2.24, 2.45) is 4.99 Å². The molecule has 0 spiro atoms. The second kappa shape index (κ2) is 7.72. The Hall–Kier alpha value is -1.31. The van der Waals surface area contributed by atoms with Crippen LogP contribution in [0.4, 0.5) is 5.69 Å². The van der Waals surface area contributed by atoms with Crippen molar-refractivity contribution < 1.29 is 0 Å². The normalized spacial score (nSPS) is 28.1. The van der Waals surface area contributed by atoms with E-state index >= 15 is 0 Å². The van der Waals surface area contributed by atoms with Crippen molar-refractivity contribution in [1.82, 2.24) is 0 Å². The minimum Gasteiger partial charge on any atom is -0.381 e. The maximum Gasteiger partial charge on any atom is 0.0470 e. The quantitative estimate of drug-likeness (QED) is 0.667. The van der Waals surface area contributed by atoms with Gasteiger partial charge in [-0.05, 0) is 37.7 Å². The van der Waals surface area contributed by atoms with Crippen LogP contribution in [-0.4, -0.2) is 18.3 Å². The average molecular weight is 325 g/mol. The van der Waals surface area contributed by atoms with Gasteiger partial charge in [0.1, 0.15) is 0 Å². The fourth-order valence-corrected chi connectivity index (χ4v) is 4.94. The lowest BCUT2D eigenvalue weighted by atomic mass is 9.89. The predicted molar refractivity (Wildman–Crippen MR) is 103 cm³/mol. The van der Waals surface area contributed by atoms with Crippen molar-refractivity contribution in [2.45, 2.75) is 89.0 Å². The van der Waals surface area contributed by atoms with Crippen LogP contribution in [0.1, 0.15) is 94.1 Å². The molecule has 2 heterocycles. The van der Waals surface area contributed by atoms with Gasteiger partial charge in [-0.2, -0.15) is 0 Å². The maximum atomic E-state index is 5.05. The lowest BCUT2D eigenvalue weighted by Gasteiger charge is -2.16. The van der Waals surface area contributed by atoms with E-state index in [2.05, 4.69) is 23.5 Å². The van der Waals surface area contributed by atoms with Gasteiger partial charge in [0.2, 0.25) is 0 Å². The molecule has 0 aromatic heterocycles. The van der Waals surface area contributed by atoms with Crippen LogP contribution in [0.2, 0.25) is 0 Å². The molecule has 1 N–H and O–H groups in total. The highest BCUT2D eigenvalue weighted by molar-refractivity contribution is 6.06. The van der Waals surface area contributed by atoms with Crippen molar-refractivity contribution in [1.29, 1.82) is 0 Å². The van der Waals surface area contributed by atoms with Crippen molar-refractivity contribution in [3.8, 4) is 0 Å². The molecule has 0 bridgehead atoms. The molecule has 4 rings (SSSR count). The fourth-order valence-electron chi connectivity index (χ4n) is 4.94. The SMILES string of the molecule is c1cc(C2=NCCCCCCCC2)c2c(c1)C1CCCCCC1N2. The molecule has 0 saturated heterocycles. The fraction of sp³-hybridized carbons (Fsp3) is 0.682. The molecule has 2 aliphatic heterocycles. The summed E-state index contributed by atoms with van der Waals surface area (Å²) in [5, 5.41) is 3.93. The molecule has 2 unspecified atom stereocenters. The zero-order chi connectivity index (χ0) is 16.2. The monoisotopic (exact) mass is 324 g/mol. The highest BCUT2D eigenvalue weighted by atomic mass is 15.0. The van der Waals surface area contributed by atoms with Crippen LogP contribution in [-0.2, 0) is 0 Å². The van der Waals surface area contributed by atoms with E-state index in [4.69, 9.17) is 4.99 Å². The molecule has 1 aliphatic carbocycles. The van der Waals surface area contributed by atoms with E-state index in [0.717, 1.165) is 18.9 Å². The maximum absolute atomic E-state index is 5.05. The molecule has 2 nitrogen and oxygen atoms in total. The van der Waals surface area contributed by atoms with Crippen molar-refractivity contribution in [3.05, 3.63) is 29.3 Å². The van der Waals surface area contributed by atoms with Gasteiger partial charge in [-0.3, -0.25) is 4.99 Å². The van der Waals surface area contributed by atoms with Gasteiger partial charge in [0.15, 0.2) is 0 Å². The molecule has 130 valence electrons. The molecule has 0 radical (unpaired) electrons. The topological polar surface area (TPSA) is 24.4 Å². The number of nitrogens with one attached hydrogen (secondary N) is 1. The molecular formula is C22H32N2. The molecule has 2 atom stereocenters. The first-order valence-electron chi connectivity index (χ1n) is 10.4. The predicted octanol–water partition coefficient (Wildman–Crippen LogP) is 6.06. The summed E-state index contributed by atoms with van der Waals surface area (Å²) in [5.74, 6) is 0.739. The average Bonchev–Trinajstić information content (AvgIpc) is 2.81. The van der Waals surface area contributed by atoms with Crippen LogP contribution in [0, 0.1) is 0 Å². The van der Waals surface area contributed by atoms with Crippen LogP contribution in [0.15, 0.2) is 23.2 Å². The van der Waals surface area contributed by atoms with Gasteiger partial charge in [-0.25, -0.2) is 0 Å². The first-order valence-corrected chi connectivity index (χ1v) is 10.4. The largest absolute Gasteiger partial charge is 0.381 e. The molecule has 1 aromatic rings. The summed E-state index contributed by atoms with van der Waals surface area (Å²) in [6.07, 6.45) is 16.1. The van der Waals surface area contributed by atoms with Crippen molar-refractivity contribution >= 4 is 11.4 Å². The molecule has 0 amide bonds. The third-order valence-electron chi connectivity index (χ3n) is 6.28. The number of hydrogen-bond donors (Lipinski definition) is 1. The molecule has 24 heavy (non-hydrogen) atoms. The number of fused-ring (bicyclic) bond motifs is 3. The van der Waals surface area contributed by atoms with Gasteiger partial charge in [0.25, 0.3) is 0 Å². The van der Waals surface area contributed by atoms with Gasteiger partial charge in [0, 0.05) is 35.5 Å². The Morgan fingerprint density at radius 1 is 0.833 bits per heavy atom. The van der Waals surface area contributed by atoms with E-state index in [-0.39, 0.29) is 0 Å². The number of hydrogen-bond acceptors (Lipinski definition) is 2. The van der Waals surface area contributed by atoms with E-state index in [9.17, 15) is 0 Å². The molecule has 1 saturated carbocycles. The number of rotatable bonds is 1. The Morgan fingerprint density at radius 2 is 1.62 bits per heavy atom. The molecule has 1 aromatic carbocycles. The summed E-state index contributed by atoms with van der Waals surface area (Å²) in [4.78, 5) is 5.05. The number of anilines is 1. The van der Waals surface area contributed by atoms with Crippen LogP contribution in [0.25, 0.3) is 0 Å². The van der Waals surface area contributed by atoms with E-state index in [1.807, 2.05) is 0 Å². The summed E-state index contributed by atoms with van der Waals surface area (Å²) >= 11 is 0. The number of aliphatic imine (C=N–C) groups is 1. The smallest absolute Gasteiger partial charge is 0.0470 e. The summed E-state index contributed by atoms with van der Waals surface area (Å²) in [6, 6.07) is 7.65. The summed E-state index contributed by atoms with van der Waals surface area (Å²) < 4.78 is 0. The number of benzene rings is 1. The Balaban J connectivity index is 1.63. The zero-order valence-corrected chi connectivity index (χ0v) is 15.0. The minimum absolute atomic E-state index is 0.670. The van der Waals surface area contributed by atoms with Gasteiger partial charge in [-0.15, -0.1) is 0 Å². The lowest BCUT2D eigenvalue weighted by Crippen LogP contribution is -2.19. The van der Waals surface area contributed by atoms with Crippen molar-refractivity contribution in [3.63, 3.8) is 0 Å². The van der Waals surface area contributed by atoms with E-state index < -0.39 is 0 Å². The van der Waals surface area contributed by atoms with E-state index in [1.54, 1.807) is 5.56 Å². The van der Waals surface area contributed by atoms with Crippen LogP contribution >= 0.6 is 0 Å². The Morgan fingerprint density at radius 3 is 2.58 bits per heavy atom. The molecule has 3 aliphatic rings. The Labute approximate surface area is 147 Å². The van der Waals surface area contributed by atoms with Gasteiger partial charge >= 0.3 is 0 Å². The standard InChI is InChI=1S/C22H32N2/c1-2-4-9-16-23-20(14-7-3-1)19-13-10-12-18-17-11-6-5-8-15-21(17)24-22(18)19/h10,12-13,17,21,24H,1-9,11,14-16H2. The zero-order valence-electron chi connectivity index (χ0n) is 15.0. The second-order valence-corrected chi connectivity index (χ2v) is 7.96. The van der Waals surface area contributed by atoms with Crippen LogP contribution in [0.3, 0.4) is 0 Å². The summed E-state index contributed by atoms with van der Waals surface area (Å²) in [7, 11) is 0. The van der Waals surface area contributed by atoms with Crippen molar-refractivity contribution in [2.75, 3.05) is 11.9 Å². The first kappa shape index (κ1) is 16.2. The Kier molecular flexibility index (Phi) is 5.20. The first-order chi connectivity index (χ1) is 11.9. The van der Waals surface area contributed by atoms with Gasteiger partial charge < -0.3 is 5.32 Å². The highest BCUT2D eigenvalue weighted by Gasteiger charge is 2.34. The Bertz CT molecular complexity index is 590. The molecule has 1 fully saturated rings. The summed E-state index contributed by atoms with van der Waals surface area (Å²) in [6.45, 7) is 1.02. The second-order valence-electron chi connectivity index (χ2n) is 7.96. The van der Waals surface area contributed by atoms with Crippen LogP contribution in [0.5, 0.6) is 0 Å². The number of nitrogens with zero attached hydrogens (tertiary/aromatic N) is 1. The number of para-hydroxylation sites is 1. The van der Waals surface area contributed by atoms with Gasteiger partial charge in [-0.1, -0.05) is 63.1 Å². The molecule has 2 heteroatoms. The third-order valence-corrected chi connectivity index (χ3v) is 6.28. The molecular weight excluding hydrogens is 292 g/mol. The van der Waals surface area contributed by atoms with E-state index in [0.29, 0.717) is 6.04 Å². The third kappa shape index (κ3) is 3.38. The van der Waals surface area contributed by atoms with E-state index in [1.165, 1.54) is 87.6 Å². The highest BCUT2D eigenvalue weighted by Crippen LogP contribution is 2.44.